The molecule has 0 atom stereocenters. The van der Waals surface area contributed by atoms with E-state index in [1.807, 2.05) is 0 Å². The Kier molecular flexibility index (Phi) is 3.09. The number of hydrogen-bond acceptors (Lipinski definition) is 4. The number of H-pyrrole nitrogens is 1. The summed E-state index contributed by atoms with van der Waals surface area (Å²) in [5.41, 5.74) is -0.432. The summed E-state index contributed by atoms with van der Waals surface area (Å²) in [5, 5.41) is 1.67. The standard InChI is InChI=1S/C9H8BrN2O4P/c10-6-1-3-7(4-2-6)12-9(13)8(5-11-12)17(14,15)16/h1-5,11H,(H2,14,15,16)/p-2. The van der Waals surface area contributed by atoms with Crippen LogP contribution in [0.2, 0.25) is 0 Å². The molecule has 1 N–H and O–H groups in total. The number of halogens is 1. The van der Waals surface area contributed by atoms with Crippen LogP contribution in [0.25, 0.3) is 5.69 Å². The molecule has 0 saturated carbocycles. The minimum Gasteiger partial charge on any atom is -0.807 e. The Morgan fingerprint density at radius 2 is 1.82 bits per heavy atom. The molecule has 2 aromatic rings. The average Bonchev–Trinajstić information content (AvgIpc) is 2.61. The highest BCUT2D eigenvalue weighted by Gasteiger charge is 2.10. The molecule has 8 heteroatoms. The summed E-state index contributed by atoms with van der Waals surface area (Å²) in [7, 11) is -5.04. The van der Waals surface area contributed by atoms with E-state index >= 15 is 0 Å². The van der Waals surface area contributed by atoms with Crippen LogP contribution < -0.4 is 20.7 Å². The second-order valence-corrected chi connectivity index (χ2v) is 5.67. The summed E-state index contributed by atoms with van der Waals surface area (Å²) in [6, 6.07) is 6.59. The maximum atomic E-state index is 11.6. The second kappa shape index (κ2) is 4.27. The number of hydrogen-bond donors (Lipinski definition) is 1. The van der Waals surface area contributed by atoms with E-state index in [4.69, 9.17) is 0 Å². The minimum atomic E-state index is -5.04. The molecule has 0 radical (unpaired) electrons. The van der Waals surface area contributed by atoms with Gasteiger partial charge in [0.25, 0.3) is 5.56 Å². The Balaban J connectivity index is 2.56. The fraction of sp³-hybridized carbons (Fsp3) is 0. The number of benzene rings is 1. The van der Waals surface area contributed by atoms with Gasteiger partial charge in [-0.05, 0) is 31.9 Å². The van der Waals surface area contributed by atoms with Crippen LogP contribution in [0.4, 0.5) is 0 Å². The molecular weight excluding hydrogens is 311 g/mol. The first-order valence-electron chi connectivity index (χ1n) is 4.48. The van der Waals surface area contributed by atoms with E-state index in [1.165, 1.54) is 0 Å². The van der Waals surface area contributed by atoms with E-state index < -0.39 is 18.5 Å². The first kappa shape index (κ1) is 12.3. The Morgan fingerprint density at radius 1 is 1.24 bits per heavy atom. The van der Waals surface area contributed by atoms with E-state index in [9.17, 15) is 19.1 Å². The van der Waals surface area contributed by atoms with Crippen molar-refractivity contribution in [2.24, 2.45) is 0 Å². The van der Waals surface area contributed by atoms with Crippen molar-refractivity contribution in [2.45, 2.75) is 0 Å². The van der Waals surface area contributed by atoms with Crippen LogP contribution in [0.5, 0.6) is 0 Å². The van der Waals surface area contributed by atoms with Gasteiger partial charge in [0.15, 0.2) is 0 Å². The fourth-order valence-electron chi connectivity index (χ4n) is 1.34. The zero-order chi connectivity index (χ0) is 12.6. The monoisotopic (exact) mass is 316 g/mol. The van der Waals surface area contributed by atoms with Gasteiger partial charge in [0.1, 0.15) is 0 Å². The second-order valence-electron chi connectivity index (χ2n) is 3.27. The molecule has 0 aliphatic rings. The molecule has 0 amide bonds. The third kappa shape index (κ3) is 2.42. The van der Waals surface area contributed by atoms with Crippen LogP contribution in [-0.2, 0) is 4.57 Å². The molecule has 0 spiro atoms. The molecule has 1 heterocycles. The van der Waals surface area contributed by atoms with Crippen LogP contribution in [0.3, 0.4) is 0 Å². The van der Waals surface area contributed by atoms with Gasteiger partial charge in [0, 0.05) is 10.7 Å². The topological polar surface area (TPSA) is 101 Å². The number of nitrogens with zero attached hydrogens (tertiary/aromatic N) is 1. The van der Waals surface area contributed by atoms with Gasteiger partial charge in [-0.3, -0.25) is 9.89 Å². The summed E-state index contributed by atoms with van der Waals surface area (Å²) in [5.74, 6) is 0. The largest absolute Gasteiger partial charge is 0.807 e. The van der Waals surface area contributed by atoms with Crippen LogP contribution in [0, 0.1) is 0 Å². The summed E-state index contributed by atoms with van der Waals surface area (Å²) < 4.78 is 12.6. The smallest absolute Gasteiger partial charge is 0.279 e. The van der Waals surface area contributed by atoms with E-state index in [0.29, 0.717) is 5.69 Å². The quantitative estimate of drug-likeness (QED) is 0.752. The Hall–Kier alpha value is -1.14. The molecular formula is C9H6BrN2O4P-2. The molecule has 0 bridgehead atoms. The molecule has 0 aliphatic heterocycles. The molecule has 0 fully saturated rings. The normalized spacial score (nSPS) is 11.7. The lowest BCUT2D eigenvalue weighted by molar-refractivity contribution is -0.308. The summed E-state index contributed by atoms with van der Waals surface area (Å²) in [6.07, 6.45) is 0.894. The van der Waals surface area contributed by atoms with Crippen molar-refractivity contribution in [1.29, 1.82) is 0 Å². The van der Waals surface area contributed by atoms with Crippen molar-refractivity contribution in [1.82, 2.24) is 9.78 Å². The fourth-order valence-corrected chi connectivity index (χ4v) is 2.15. The van der Waals surface area contributed by atoms with Crippen molar-refractivity contribution in [2.75, 3.05) is 0 Å². The van der Waals surface area contributed by atoms with Crippen molar-refractivity contribution in [3.05, 3.63) is 45.3 Å². The van der Waals surface area contributed by atoms with E-state index in [2.05, 4.69) is 21.0 Å². The van der Waals surface area contributed by atoms with E-state index in [1.54, 1.807) is 24.3 Å². The predicted molar refractivity (Wildman–Crippen MR) is 61.3 cm³/mol. The van der Waals surface area contributed by atoms with Gasteiger partial charge in [-0.25, -0.2) is 4.68 Å². The number of aromatic nitrogens is 2. The molecule has 1 aromatic carbocycles. The maximum absolute atomic E-state index is 11.6. The van der Waals surface area contributed by atoms with Crippen LogP contribution in [0.15, 0.2) is 39.7 Å². The van der Waals surface area contributed by atoms with Gasteiger partial charge in [0.2, 0.25) is 0 Å². The highest BCUT2D eigenvalue weighted by molar-refractivity contribution is 9.10. The first-order chi connectivity index (χ1) is 7.89. The molecule has 17 heavy (non-hydrogen) atoms. The predicted octanol–water partition coefficient (Wildman–Crippen LogP) is -0.533. The molecule has 0 unspecified atom stereocenters. The molecule has 0 aliphatic carbocycles. The van der Waals surface area contributed by atoms with Gasteiger partial charge in [0.05, 0.1) is 11.0 Å². The zero-order valence-corrected chi connectivity index (χ0v) is 10.8. The van der Waals surface area contributed by atoms with Gasteiger partial charge in [-0.15, -0.1) is 0 Å². The lowest BCUT2D eigenvalue weighted by Gasteiger charge is -2.26. The van der Waals surface area contributed by atoms with Gasteiger partial charge >= 0.3 is 0 Å². The van der Waals surface area contributed by atoms with Gasteiger partial charge in [-0.1, -0.05) is 15.9 Å². The van der Waals surface area contributed by atoms with Gasteiger partial charge < -0.3 is 14.4 Å². The lowest BCUT2D eigenvalue weighted by atomic mass is 10.3. The molecule has 2 rings (SSSR count). The minimum absolute atomic E-state index is 0.443. The SMILES string of the molecule is O=c1c(P(=O)([O-])[O-])c[nH]n1-c1ccc(Br)cc1. The Labute approximate surface area is 104 Å². The zero-order valence-electron chi connectivity index (χ0n) is 8.29. The van der Waals surface area contributed by atoms with Gasteiger partial charge in [-0.2, -0.15) is 0 Å². The molecule has 6 nitrogen and oxygen atoms in total. The maximum Gasteiger partial charge on any atom is 0.279 e. The van der Waals surface area contributed by atoms with Crippen molar-refractivity contribution in [3.63, 3.8) is 0 Å². The van der Waals surface area contributed by atoms with Crippen molar-refractivity contribution in [3.8, 4) is 5.69 Å². The third-order valence-corrected chi connectivity index (χ3v) is 3.57. The van der Waals surface area contributed by atoms with Crippen molar-refractivity contribution < 1.29 is 14.4 Å². The molecule has 90 valence electrons. The third-order valence-electron chi connectivity index (χ3n) is 2.13. The first-order valence-corrected chi connectivity index (χ1v) is 6.82. The average molecular weight is 317 g/mol. The summed E-state index contributed by atoms with van der Waals surface area (Å²) in [4.78, 5) is 33.2. The molecule has 0 saturated heterocycles. The number of nitrogens with one attached hydrogen (secondary N) is 1. The molecule has 1 aromatic heterocycles. The van der Waals surface area contributed by atoms with Crippen LogP contribution in [0.1, 0.15) is 0 Å². The van der Waals surface area contributed by atoms with E-state index in [0.717, 1.165) is 15.4 Å². The Morgan fingerprint density at radius 3 is 2.29 bits per heavy atom. The summed E-state index contributed by atoms with van der Waals surface area (Å²) in [6.45, 7) is 0. The summed E-state index contributed by atoms with van der Waals surface area (Å²) >= 11 is 3.23. The lowest BCUT2D eigenvalue weighted by Crippen LogP contribution is -2.35. The van der Waals surface area contributed by atoms with Crippen LogP contribution >= 0.6 is 23.5 Å². The number of aromatic amines is 1. The Bertz CT molecular complexity index is 640. The highest BCUT2D eigenvalue weighted by atomic mass is 79.9. The number of rotatable bonds is 2. The van der Waals surface area contributed by atoms with Crippen LogP contribution in [-0.4, -0.2) is 9.78 Å². The van der Waals surface area contributed by atoms with E-state index in [-0.39, 0.29) is 0 Å². The highest BCUT2D eigenvalue weighted by Crippen LogP contribution is 2.19. The van der Waals surface area contributed by atoms with Crippen molar-refractivity contribution >= 4 is 28.8 Å².